The van der Waals surface area contributed by atoms with Crippen LogP contribution in [0.3, 0.4) is 0 Å². The summed E-state index contributed by atoms with van der Waals surface area (Å²) in [5.74, 6) is -0.519. The summed E-state index contributed by atoms with van der Waals surface area (Å²) in [5, 5.41) is 8.29. The molecule has 1 aromatic carbocycles. The standard InChI is InChI=1S/C18H28N4O3/c1-5-19-18(25)14-8-7-9-15(10-14)21-17(24)12-22(6-2)11-16(23)20-13(3)4/h7-10,13H,5-6,11-12H2,1-4H3,(H,19,25)(H,20,23)(H,21,24). The highest BCUT2D eigenvalue weighted by atomic mass is 16.2. The van der Waals surface area contributed by atoms with Gasteiger partial charge in [-0.05, 0) is 45.5 Å². The van der Waals surface area contributed by atoms with E-state index in [2.05, 4.69) is 16.0 Å². The number of hydrogen-bond acceptors (Lipinski definition) is 4. The summed E-state index contributed by atoms with van der Waals surface area (Å²) >= 11 is 0. The third kappa shape index (κ3) is 7.80. The second-order valence-corrected chi connectivity index (χ2v) is 6.01. The highest BCUT2D eigenvalue weighted by Gasteiger charge is 2.14. The second-order valence-electron chi connectivity index (χ2n) is 6.01. The monoisotopic (exact) mass is 348 g/mol. The molecule has 0 aliphatic carbocycles. The van der Waals surface area contributed by atoms with Gasteiger partial charge in [-0.2, -0.15) is 0 Å². The molecule has 0 fully saturated rings. The van der Waals surface area contributed by atoms with Gasteiger partial charge in [0.15, 0.2) is 0 Å². The van der Waals surface area contributed by atoms with Crippen molar-refractivity contribution in [3.63, 3.8) is 0 Å². The van der Waals surface area contributed by atoms with Crippen LogP contribution in [-0.2, 0) is 9.59 Å². The van der Waals surface area contributed by atoms with Crippen molar-refractivity contribution in [2.24, 2.45) is 0 Å². The average Bonchev–Trinajstić information content (AvgIpc) is 2.53. The number of rotatable bonds is 9. The molecule has 0 unspecified atom stereocenters. The first-order chi connectivity index (χ1) is 11.8. The molecule has 3 N–H and O–H groups in total. The normalized spacial score (nSPS) is 10.6. The summed E-state index contributed by atoms with van der Waals surface area (Å²) in [5.41, 5.74) is 1.04. The zero-order chi connectivity index (χ0) is 18.8. The predicted octanol–water partition coefficient (Wildman–Crippen LogP) is 1.22. The van der Waals surface area contributed by atoms with Crippen LogP contribution in [0.15, 0.2) is 24.3 Å². The van der Waals surface area contributed by atoms with Crippen molar-refractivity contribution in [3.05, 3.63) is 29.8 Å². The molecule has 7 nitrogen and oxygen atoms in total. The maximum absolute atomic E-state index is 12.2. The fraction of sp³-hybridized carbons (Fsp3) is 0.500. The molecule has 3 amide bonds. The topological polar surface area (TPSA) is 90.5 Å². The minimum atomic E-state index is -0.229. The number of amides is 3. The molecule has 1 aromatic rings. The Balaban J connectivity index is 2.61. The SMILES string of the molecule is CCNC(=O)c1cccc(NC(=O)CN(CC)CC(=O)NC(C)C)c1. The Kier molecular flexibility index (Phi) is 8.63. The minimum Gasteiger partial charge on any atom is -0.353 e. The number of hydrogen-bond donors (Lipinski definition) is 3. The van der Waals surface area contributed by atoms with Gasteiger partial charge >= 0.3 is 0 Å². The molecule has 0 aromatic heterocycles. The van der Waals surface area contributed by atoms with Crippen LogP contribution in [0.25, 0.3) is 0 Å². The molecule has 0 aliphatic rings. The highest BCUT2D eigenvalue weighted by molar-refractivity contribution is 5.97. The van der Waals surface area contributed by atoms with E-state index >= 15 is 0 Å². The van der Waals surface area contributed by atoms with Crippen molar-refractivity contribution in [3.8, 4) is 0 Å². The number of nitrogens with one attached hydrogen (secondary N) is 3. The van der Waals surface area contributed by atoms with Gasteiger partial charge < -0.3 is 16.0 Å². The summed E-state index contributed by atoms with van der Waals surface area (Å²) < 4.78 is 0. The molecule has 0 heterocycles. The molecule has 138 valence electrons. The smallest absolute Gasteiger partial charge is 0.251 e. The van der Waals surface area contributed by atoms with E-state index in [0.717, 1.165) is 0 Å². The first kappa shape index (κ1) is 20.6. The zero-order valence-corrected chi connectivity index (χ0v) is 15.4. The lowest BCUT2D eigenvalue weighted by Crippen LogP contribution is -2.42. The molecular formula is C18H28N4O3. The number of likely N-dealkylation sites (N-methyl/N-ethyl adjacent to an activating group) is 1. The lowest BCUT2D eigenvalue weighted by atomic mass is 10.2. The second kappa shape index (κ2) is 10.5. The van der Waals surface area contributed by atoms with Crippen molar-refractivity contribution in [1.82, 2.24) is 15.5 Å². The first-order valence-corrected chi connectivity index (χ1v) is 8.55. The van der Waals surface area contributed by atoms with Crippen LogP contribution in [0.1, 0.15) is 38.1 Å². The lowest BCUT2D eigenvalue weighted by molar-refractivity contribution is -0.123. The Bertz CT molecular complexity index is 602. The number of carbonyl (C=O) groups is 3. The van der Waals surface area contributed by atoms with Crippen molar-refractivity contribution in [2.75, 3.05) is 31.5 Å². The molecule has 0 saturated carbocycles. The van der Waals surface area contributed by atoms with Gasteiger partial charge in [0.05, 0.1) is 13.1 Å². The van der Waals surface area contributed by atoms with Gasteiger partial charge in [0.25, 0.3) is 5.91 Å². The van der Waals surface area contributed by atoms with Crippen LogP contribution in [0.2, 0.25) is 0 Å². The molecule has 0 spiro atoms. The van der Waals surface area contributed by atoms with Gasteiger partial charge in [-0.1, -0.05) is 13.0 Å². The fourth-order valence-electron chi connectivity index (χ4n) is 2.25. The Labute approximate surface area is 149 Å². The maximum Gasteiger partial charge on any atom is 0.251 e. The van der Waals surface area contributed by atoms with Gasteiger partial charge in [0.2, 0.25) is 11.8 Å². The number of carbonyl (C=O) groups excluding carboxylic acids is 3. The maximum atomic E-state index is 12.2. The minimum absolute atomic E-state index is 0.0667. The van der Waals surface area contributed by atoms with Crippen LogP contribution in [0.4, 0.5) is 5.69 Å². The Hall–Kier alpha value is -2.41. The lowest BCUT2D eigenvalue weighted by Gasteiger charge is -2.20. The summed E-state index contributed by atoms with van der Waals surface area (Å²) in [7, 11) is 0. The van der Waals surface area contributed by atoms with E-state index in [4.69, 9.17) is 0 Å². The molecule has 7 heteroatoms. The van der Waals surface area contributed by atoms with Crippen LogP contribution in [0.5, 0.6) is 0 Å². The van der Waals surface area contributed by atoms with Crippen LogP contribution in [-0.4, -0.2) is 54.8 Å². The van der Waals surface area contributed by atoms with Crippen molar-refractivity contribution >= 4 is 23.4 Å². The summed E-state index contributed by atoms with van der Waals surface area (Å²) in [6.45, 7) is 8.92. The first-order valence-electron chi connectivity index (χ1n) is 8.55. The molecule has 0 bridgehead atoms. The molecular weight excluding hydrogens is 320 g/mol. The Morgan fingerprint density at radius 3 is 2.36 bits per heavy atom. The van der Waals surface area contributed by atoms with E-state index in [0.29, 0.717) is 24.3 Å². The number of benzene rings is 1. The Morgan fingerprint density at radius 1 is 1.08 bits per heavy atom. The van der Waals surface area contributed by atoms with E-state index in [1.54, 1.807) is 29.2 Å². The van der Waals surface area contributed by atoms with Gasteiger partial charge in [-0.3, -0.25) is 19.3 Å². The summed E-state index contributed by atoms with van der Waals surface area (Å²) in [4.78, 5) is 37.6. The summed E-state index contributed by atoms with van der Waals surface area (Å²) in [6, 6.07) is 6.83. The number of anilines is 1. The largest absolute Gasteiger partial charge is 0.353 e. The van der Waals surface area contributed by atoms with E-state index in [1.165, 1.54) is 0 Å². The third-order valence-electron chi connectivity index (χ3n) is 3.38. The van der Waals surface area contributed by atoms with Crippen molar-refractivity contribution in [1.29, 1.82) is 0 Å². The Morgan fingerprint density at radius 2 is 1.76 bits per heavy atom. The highest BCUT2D eigenvalue weighted by Crippen LogP contribution is 2.10. The van der Waals surface area contributed by atoms with Crippen LogP contribution in [0, 0.1) is 0 Å². The molecule has 25 heavy (non-hydrogen) atoms. The zero-order valence-electron chi connectivity index (χ0n) is 15.4. The van der Waals surface area contributed by atoms with E-state index < -0.39 is 0 Å². The van der Waals surface area contributed by atoms with Gasteiger partial charge in [0, 0.05) is 23.8 Å². The summed E-state index contributed by atoms with van der Waals surface area (Å²) in [6.07, 6.45) is 0. The van der Waals surface area contributed by atoms with E-state index in [-0.39, 0.29) is 36.9 Å². The number of nitrogens with zero attached hydrogens (tertiary/aromatic N) is 1. The van der Waals surface area contributed by atoms with Gasteiger partial charge in [0.1, 0.15) is 0 Å². The molecule has 1 rings (SSSR count). The average molecular weight is 348 g/mol. The van der Waals surface area contributed by atoms with Crippen LogP contribution >= 0.6 is 0 Å². The quantitative estimate of drug-likeness (QED) is 0.626. The van der Waals surface area contributed by atoms with Crippen LogP contribution < -0.4 is 16.0 Å². The predicted molar refractivity (Wildman–Crippen MR) is 98.5 cm³/mol. The van der Waals surface area contributed by atoms with Crippen molar-refractivity contribution in [2.45, 2.75) is 33.7 Å². The van der Waals surface area contributed by atoms with Gasteiger partial charge in [-0.25, -0.2) is 0 Å². The van der Waals surface area contributed by atoms with E-state index in [9.17, 15) is 14.4 Å². The molecule has 0 aliphatic heterocycles. The molecule has 0 atom stereocenters. The third-order valence-corrected chi connectivity index (χ3v) is 3.38. The van der Waals surface area contributed by atoms with Crippen molar-refractivity contribution < 1.29 is 14.4 Å². The van der Waals surface area contributed by atoms with Gasteiger partial charge in [-0.15, -0.1) is 0 Å². The molecule has 0 radical (unpaired) electrons. The molecule has 0 saturated heterocycles. The van der Waals surface area contributed by atoms with E-state index in [1.807, 2.05) is 27.7 Å². The fourth-order valence-corrected chi connectivity index (χ4v) is 2.25.